The molecular weight excluding hydrogens is 446 g/mol. The standard InChI is InChI=1S/C20H18BrNO7/c1-11(2-7-18(24)25)19(14-8-12(21)3-5-15(14)23)29-20(26)22-13-4-6-16-17(9-13)28-10-27-16/h2-9,11,19,23H,10H2,1H3,(H,22,26)(H,24,25)/b7-2+/t11-,19-/m1/s1. The molecule has 8 nitrogen and oxygen atoms in total. The molecule has 2 atom stereocenters. The summed E-state index contributed by atoms with van der Waals surface area (Å²) >= 11 is 3.32. The first kappa shape index (κ1) is 20.5. The first-order valence-electron chi connectivity index (χ1n) is 8.60. The molecule has 1 amide bonds. The van der Waals surface area contributed by atoms with E-state index in [0.29, 0.717) is 27.2 Å². The third kappa shape index (κ3) is 5.20. The van der Waals surface area contributed by atoms with Crippen LogP contribution in [-0.2, 0) is 9.53 Å². The summed E-state index contributed by atoms with van der Waals surface area (Å²) in [6, 6.07) is 9.60. The summed E-state index contributed by atoms with van der Waals surface area (Å²) in [5.41, 5.74) is 0.771. The van der Waals surface area contributed by atoms with Gasteiger partial charge < -0.3 is 24.4 Å². The van der Waals surface area contributed by atoms with E-state index in [-0.39, 0.29) is 12.5 Å². The molecule has 152 valence electrons. The van der Waals surface area contributed by atoms with Crippen LogP contribution in [-0.4, -0.2) is 29.1 Å². The predicted molar refractivity (Wildman–Crippen MR) is 107 cm³/mol. The van der Waals surface area contributed by atoms with Crippen LogP contribution in [0.25, 0.3) is 0 Å². The Balaban J connectivity index is 1.81. The Morgan fingerprint density at radius 2 is 1.97 bits per heavy atom. The number of hydrogen-bond acceptors (Lipinski definition) is 6. The van der Waals surface area contributed by atoms with Gasteiger partial charge in [-0.15, -0.1) is 0 Å². The molecule has 1 aliphatic rings. The number of nitrogens with one attached hydrogen (secondary N) is 1. The van der Waals surface area contributed by atoms with E-state index in [0.717, 1.165) is 6.08 Å². The van der Waals surface area contributed by atoms with Gasteiger partial charge >= 0.3 is 12.1 Å². The maximum Gasteiger partial charge on any atom is 0.412 e. The van der Waals surface area contributed by atoms with E-state index in [2.05, 4.69) is 21.2 Å². The smallest absolute Gasteiger partial charge is 0.412 e. The lowest BCUT2D eigenvalue weighted by molar-refractivity contribution is -0.131. The highest BCUT2D eigenvalue weighted by molar-refractivity contribution is 9.10. The molecule has 0 fully saturated rings. The number of hydrogen-bond donors (Lipinski definition) is 3. The van der Waals surface area contributed by atoms with Gasteiger partial charge in [-0.25, -0.2) is 9.59 Å². The minimum Gasteiger partial charge on any atom is -0.508 e. The molecular formula is C20H18BrNO7. The van der Waals surface area contributed by atoms with Crippen molar-refractivity contribution in [3.63, 3.8) is 0 Å². The van der Waals surface area contributed by atoms with Gasteiger partial charge in [0.15, 0.2) is 11.5 Å². The summed E-state index contributed by atoms with van der Waals surface area (Å²) in [6.45, 7) is 1.79. The number of carboxylic acid groups (broad SMARTS) is 1. The van der Waals surface area contributed by atoms with Gasteiger partial charge in [-0.3, -0.25) is 5.32 Å². The second-order valence-electron chi connectivity index (χ2n) is 6.28. The Labute approximate surface area is 174 Å². The van der Waals surface area contributed by atoms with Crippen LogP contribution in [0.5, 0.6) is 17.2 Å². The van der Waals surface area contributed by atoms with Crippen molar-refractivity contribution in [2.45, 2.75) is 13.0 Å². The largest absolute Gasteiger partial charge is 0.508 e. The highest BCUT2D eigenvalue weighted by atomic mass is 79.9. The minimum atomic E-state index is -1.13. The van der Waals surface area contributed by atoms with Gasteiger partial charge in [0.05, 0.1) is 0 Å². The maximum atomic E-state index is 12.5. The number of benzene rings is 2. The van der Waals surface area contributed by atoms with Gasteiger partial charge in [0.25, 0.3) is 0 Å². The Hall–Kier alpha value is -3.20. The summed E-state index contributed by atoms with van der Waals surface area (Å²) in [5.74, 6) is -0.660. The molecule has 1 aliphatic heterocycles. The van der Waals surface area contributed by atoms with Crippen LogP contribution in [0.1, 0.15) is 18.6 Å². The third-order valence-electron chi connectivity index (χ3n) is 4.17. The van der Waals surface area contributed by atoms with E-state index in [4.69, 9.17) is 19.3 Å². The van der Waals surface area contributed by atoms with Crippen LogP contribution < -0.4 is 14.8 Å². The number of ether oxygens (including phenoxy) is 3. The van der Waals surface area contributed by atoms with Crippen LogP contribution in [0.2, 0.25) is 0 Å². The molecule has 3 rings (SSSR count). The van der Waals surface area contributed by atoms with Crippen molar-refractivity contribution >= 4 is 33.7 Å². The van der Waals surface area contributed by atoms with Crippen LogP contribution in [0.3, 0.4) is 0 Å². The van der Waals surface area contributed by atoms with Gasteiger partial charge in [-0.1, -0.05) is 28.9 Å². The fraction of sp³-hybridized carbons (Fsp3) is 0.200. The number of aromatic hydroxyl groups is 1. The Kier molecular flexibility index (Phi) is 6.28. The maximum absolute atomic E-state index is 12.5. The Morgan fingerprint density at radius 3 is 2.72 bits per heavy atom. The number of carboxylic acids is 1. The molecule has 9 heteroatoms. The zero-order valence-electron chi connectivity index (χ0n) is 15.3. The molecule has 0 aliphatic carbocycles. The first-order chi connectivity index (χ1) is 13.8. The highest BCUT2D eigenvalue weighted by Gasteiger charge is 2.26. The quantitative estimate of drug-likeness (QED) is 0.542. The molecule has 1 heterocycles. The van der Waals surface area contributed by atoms with Crippen molar-refractivity contribution < 1.29 is 34.0 Å². The number of carbonyl (C=O) groups excluding carboxylic acids is 1. The molecule has 29 heavy (non-hydrogen) atoms. The van der Waals surface area contributed by atoms with Gasteiger partial charge in [0.2, 0.25) is 6.79 Å². The molecule has 0 spiro atoms. The van der Waals surface area contributed by atoms with E-state index in [9.17, 15) is 14.7 Å². The number of aliphatic carboxylic acids is 1. The summed E-state index contributed by atoms with van der Waals surface area (Å²) in [6.07, 6.45) is 0.647. The van der Waals surface area contributed by atoms with Crippen LogP contribution in [0.4, 0.5) is 10.5 Å². The fourth-order valence-electron chi connectivity index (χ4n) is 2.78. The fourth-order valence-corrected chi connectivity index (χ4v) is 3.16. The zero-order chi connectivity index (χ0) is 21.0. The second-order valence-corrected chi connectivity index (χ2v) is 7.19. The Morgan fingerprint density at radius 1 is 1.21 bits per heavy atom. The second kappa shape index (κ2) is 8.87. The van der Waals surface area contributed by atoms with Crippen molar-refractivity contribution in [2.75, 3.05) is 12.1 Å². The zero-order valence-corrected chi connectivity index (χ0v) is 16.9. The summed E-state index contributed by atoms with van der Waals surface area (Å²) in [4.78, 5) is 23.4. The van der Waals surface area contributed by atoms with Crippen LogP contribution in [0.15, 0.2) is 53.0 Å². The van der Waals surface area contributed by atoms with Crippen molar-refractivity contribution in [3.05, 3.63) is 58.6 Å². The monoisotopic (exact) mass is 463 g/mol. The van der Waals surface area contributed by atoms with Crippen molar-refractivity contribution in [2.24, 2.45) is 5.92 Å². The third-order valence-corrected chi connectivity index (χ3v) is 4.66. The van der Waals surface area contributed by atoms with E-state index in [1.54, 1.807) is 37.3 Å². The summed E-state index contributed by atoms with van der Waals surface area (Å²) < 4.78 is 16.7. The lowest BCUT2D eigenvalue weighted by Crippen LogP contribution is -2.21. The van der Waals surface area contributed by atoms with E-state index in [1.165, 1.54) is 12.1 Å². The van der Waals surface area contributed by atoms with Crippen LogP contribution >= 0.6 is 15.9 Å². The number of rotatable bonds is 6. The normalized spacial score (nSPS) is 14.4. The molecule has 0 bridgehead atoms. The summed E-state index contributed by atoms with van der Waals surface area (Å²) in [5, 5.41) is 21.7. The lowest BCUT2D eigenvalue weighted by atomic mass is 9.96. The van der Waals surface area contributed by atoms with Gasteiger partial charge in [-0.05, 0) is 30.3 Å². The number of fused-ring (bicyclic) bond motifs is 1. The average molecular weight is 464 g/mol. The van der Waals surface area contributed by atoms with Gasteiger partial charge in [0.1, 0.15) is 11.9 Å². The number of amides is 1. The van der Waals surface area contributed by atoms with E-state index < -0.39 is 24.1 Å². The van der Waals surface area contributed by atoms with E-state index in [1.807, 2.05) is 0 Å². The highest BCUT2D eigenvalue weighted by Crippen LogP contribution is 2.37. The average Bonchev–Trinajstić information content (AvgIpc) is 3.14. The lowest BCUT2D eigenvalue weighted by Gasteiger charge is -2.23. The van der Waals surface area contributed by atoms with Crippen molar-refractivity contribution in [1.82, 2.24) is 0 Å². The predicted octanol–water partition coefficient (Wildman–Crippen LogP) is 4.45. The van der Waals surface area contributed by atoms with Crippen molar-refractivity contribution in [1.29, 1.82) is 0 Å². The topological polar surface area (TPSA) is 114 Å². The molecule has 0 radical (unpaired) electrons. The number of phenols is 1. The van der Waals surface area contributed by atoms with E-state index >= 15 is 0 Å². The molecule has 0 aromatic heterocycles. The number of carbonyl (C=O) groups is 2. The number of anilines is 1. The van der Waals surface area contributed by atoms with Gasteiger partial charge in [0, 0.05) is 33.8 Å². The molecule has 0 saturated heterocycles. The SMILES string of the molecule is C[C@H](/C=C/C(=O)O)[C@@H](OC(=O)Nc1ccc2c(c1)OCO2)c1cc(Br)ccc1O. The molecule has 2 aromatic rings. The van der Waals surface area contributed by atoms with Gasteiger partial charge in [-0.2, -0.15) is 0 Å². The molecule has 3 N–H and O–H groups in total. The number of phenolic OH excluding ortho intramolecular Hbond substituents is 1. The van der Waals surface area contributed by atoms with Crippen LogP contribution in [0, 0.1) is 5.92 Å². The summed E-state index contributed by atoms with van der Waals surface area (Å²) in [7, 11) is 0. The molecule has 0 saturated carbocycles. The number of halogens is 1. The molecule has 2 aromatic carbocycles. The van der Waals surface area contributed by atoms with Crippen molar-refractivity contribution in [3.8, 4) is 17.2 Å². The first-order valence-corrected chi connectivity index (χ1v) is 9.39. The Bertz CT molecular complexity index is 960. The minimum absolute atomic E-state index is 0.0790. The molecule has 0 unspecified atom stereocenters.